The highest BCUT2D eigenvalue weighted by Crippen LogP contribution is 2.35. The van der Waals surface area contributed by atoms with Gasteiger partial charge in [-0.1, -0.05) is 0 Å². The molecule has 14 heteroatoms. The molecule has 1 fully saturated rings. The number of aromatic nitrogens is 2. The molecule has 9 nitrogen and oxygen atoms in total. The Kier molecular flexibility index (Phi) is 7.60. The first-order valence-corrected chi connectivity index (χ1v) is 11.8. The van der Waals surface area contributed by atoms with E-state index in [4.69, 9.17) is 9.88 Å². The number of hydrogen-bond acceptors (Lipinski definition) is 7. The lowest BCUT2D eigenvalue weighted by molar-refractivity contribution is -0.138. The van der Waals surface area contributed by atoms with E-state index in [9.17, 15) is 30.8 Å². The standard InChI is InChI=1S/C20H23F4N5O4S/c1-11(8-20(22,23)24)28-19(30)33-15-4-2-12(6-15)13-9-26-18(27-10-13)29-14-3-5-17(16(21)7-14)34(25,31)32/h3,5,7,9-12,15H,2,4,6,8H2,1H3,(H,28,30)(H2,25,31,32)(H,26,27,29)/t11-,12-,15+/m0/s1. The molecule has 1 heterocycles. The second-order valence-electron chi connectivity index (χ2n) is 8.06. The van der Waals surface area contributed by atoms with Gasteiger partial charge in [0.2, 0.25) is 16.0 Å². The first-order chi connectivity index (χ1) is 15.8. The summed E-state index contributed by atoms with van der Waals surface area (Å²) in [7, 11) is -4.18. The molecule has 0 unspecified atom stereocenters. The number of nitrogens with one attached hydrogen (secondary N) is 2. The molecular formula is C20H23F4N5O4S. The summed E-state index contributed by atoms with van der Waals surface area (Å²) in [6.07, 6.45) is -2.05. The van der Waals surface area contributed by atoms with Gasteiger partial charge in [-0.15, -0.1) is 0 Å². The van der Waals surface area contributed by atoms with Gasteiger partial charge in [0.15, 0.2) is 0 Å². The number of sulfonamides is 1. The summed E-state index contributed by atoms with van der Waals surface area (Å²) >= 11 is 0. The van der Waals surface area contributed by atoms with Gasteiger partial charge in [-0.2, -0.15) is 13.2 Å². The Balaban J connectivity index is 1.53. The molecule has 186 valence electrons. The Bertz CT molecular complexity index is 1130. The van der Waals surface area contributed by atoms with Crippen molar-refractivity contribution in [1.29, 1.82) is 0 Å². The number of benzene rings is 1. The quantitative estimate of drug-likeness (QED) is 0.488. The predicted octanol–water partition coefficient (Wildman–Crippen LogP) is 3.71. The molecule has 0 saturated heterocycles. The Labute approximate surface area is 193 Å². The minimum absolute atomic E-state index is 0.00839. The van der Waals surface area contributed by atoms with E-state index in [-0.39, 0.29) is 17.6 Å². The third-order valence-corrected chi connectivity index (χ3v) is 6.14. The maximum atomic E-state index is 14.0. The topological polar surface area (TPSA) is 136 Å². The normalized spacial score (nSPS) is 19.5. The molecular weight excluding hydrogens is 482 g/mol. The summed E-state index contributed by atoms with van der Waals surface area (Å²) in [6.45, 7) is 1.25. The van der Waals surface area contributed by atoms with Crippen molar-refractivity contribution in [3.05, 3.63) is 42.0 Å². The Morgan fingerprint density at radius 2 is 1.94 bits per heavy atom. The van der Waals surface area contributed by atoms with Crippen LogP contribution in [0.2, 0.25) is 0 Å². The van der Waals surface area contributed by atoms with Crippen LogP contribution < -0.4 is 15.8 Å². The van der Waals surface area contributed by atoms with Gasteiger partial charge in [0.1, 0.15) is 16.8 Å². The van der Waals surface area contributed by atoms with Crippen LogP contribution in [0.3, 0.4) is 0 Å². The fraction of sp³-hybridized carbons (Fsp3) is 0.450. The number of carbonyl (C=O) groups is 1. The zero-order valence-corrected chi connectivity index (χ0v) is 18.8. The third-order valence-electron chi connectivity index (χ3n) is 5.20. The number of alkyl halides is 3. The van der Waals surface area contributed by atoms with Crippen molar-refractivity contribution >= 4 is 27.8 Å². The molecule has 1 aliphatic rings. The van der Waals surface area contributed by atoms with Gasteiger partial charge in [0, 0.05) is 24.1 Å². The number of nitrogens with two attached hydrogens (primary N) is 1. The number of primary sulfonamides is 1. The molecule has 3 atom stereocenters. The van der Waals surface area contributed by atoms with Crippen molar-refractivity contribution in [3.63, 3.8) is 0 Å². The molecule has 4 N–H and O–H groups in total. The van der Waals surface area contributed by atoms with E-state index in [1.54, 1.807) is 12.4 Å². The maximum Gasteiger partial charge on any atom is 0.407 e. The minimum Gasteiger partial charge on any atom is -0.446 e. The van der Waals surface area contributed by atoms with Crippen LogP contribution in [0.15, 0.2) is 35.5 Å². The molecule has 0 spiro atoms. The number of rotatable bonds is 7. The van der Waals surface area contributed by atoms with E-state index in [1.165, 1.54) is 13.0 Å². The molecule has 1 aliphatic carbocycles. The average Bonchev–Trinajstić information content (AvgIpc) is 3.14. The third kappa shape index (κ3) is 7.25. The van der Waals surface area contributed by atoms with Crippen molar-refractivity contribution in [2.45, 2.75) is 61.7 Å². The monoisotopic (exact) mass is 505 g/mol. The zero-order chi connectivity index (χ0) is 25.1. The molecule has 2 aromatic rings. The smallest absolute Gasteiger partial charge is 0.407 e. The fourth-order valence-corrected chi connectivity index (χ4v) is 4.27. The number of ether oxygens (including phenoxy) is 1. The predicted molar refractivity (Wildman–Crippen MR) is 113 cm³/mol. The number of nitrogens with zero attached hydrogens (tertiary/aromatic N) is 2. The van der Waals surface area contributed by atoms with Crippen molar-refractivity contribution in [3.8, 4) is 0 Å². The van der Waals surface area contributed by atoms with E-state index in [1.807, 2.05) is 0 Å². The number of alkyl carbamates (subject to hydrolysis) is 1. The van der Waals surface area contributed by atoms with Crippen LogP contribution >= 0.6 is 0 Å². The van der Waals surface area contributed by atoms with Crippen LogP contribution in [0.25, 0.3) is 0 Å². The molecule has 1 aromatic heterocycles. The van der Waals surface area contributed by atoms with Gasteiger partial charge < -0.3 is 15.4 Å². The fourth-order valence-electron chi connectivity index (χ4n) is 3.69. The second-order valence-corrected chi connectivity index (χ2v) is 9.59. The van der Waals surface area contributed by atoms with Crippen LogP contribution in [0.1, 0.15) is 44.1 Å². The Hall–Kier alpha value is -3.00. The van der Waals surface area contributed by atoms with Crippen LogP contribution in [0.4, 0.5) is 34.0 Å². The number of halogens is 4. The molecule has 0 radical (unpaired) electrons. The van der Waals surface area contributed by atoms with Gasteiger partial charge in [0.25, 0.3) is 0 Å². The van der Waals surface area contributed by atoms with Gasteiger partial charge >= 0.3 is 12.3 Å². The SMILES string of the molecule is C[C@@H](CC(F)(F)F)NC(=O)O[C@@H]1CC[C@H](c2cnc(Nc3ccc(S(N)(=O)=O)c(F)c3)nc2)C1. The number of hydrogen-bond donors (Lipinski definition) is 3. The van der Waals surface area contributed by atoms with E-state index < -0.39 is 51.6 Å². The van der Waals surface area contributed by atoms with Crippen molar-refractivity contribution in [2.24, 2.45) is 5.14 Å². The number of amides is 1. The zero-order valence-electron chi connectivity index (χ0n) is 18.0. The number of anilines is 2. The molecule has 34 heavy (non-hydrogen) atoms. The van der Waals surface area contributed by atoms with E-state index in [0.29, 0.717) is 19.3 Å². The van der Waals surface area contributed by atoms with Gasteiger partial charge in [-0.3, -0.25) is 0 Å². The van der Waals surface area contributed by atoms with E-state index >= 15 is 0 Å². The van der Waals surface area contributed by atoms with E-state index in [2.05, 4.69) is 20.6 Å². The molecule has 3 rings (SSSR count). The van der Waals surface area contributed by atoms with Gasteiger partial charge in [0.05, 0.1) is 6.42 Å². The van der Waals surface area contributed by atoms with E-state index in [0.717, 1.165) is 17.7 Å². The van der Waals surface area contributed by atoms with Gasteiger partial charge in [-0.05, 0) is 55.9 Å². The lowest BCUT2D eigenvalue weighted by Gasteiger charge is -2.18. The van der Waals surface area contributed by atoms with Crippen molar-refractivity contribution in [2.75, 3.05) is 5.32 Å². The summed E-state index contributed by atoms with van der Waals surface area (Å²) in [6, 6.07) is 2.21. The van der Waals surface area contributed by atoms with Crippen LogP contribution in [-0.2, 0) is 14.8 Å². The molecule has 1 amide bonds. The maximum absolute atomic E-state index is 14.0. The lowest BCUT2D eigenvalue weighted by Crippen LogP contribution is -2.37. The largest absolute Gasteiger partial charge is 0.446 e. The highest BCUT2D eigenvalue weighted by molar-refractivity contribution is 7.89. The molecule has 1 saturated carbocycles. The highest BCUT2D eigenvalue weighted by atomic mass is 32.2. The lowest BCUT2D eigenvalue weighted by atomic mass is 10.0. The first kappa shape index (κ1) is 25.6. The van der Waals surface area contributed by atoms with Crippen LogP contribution in [-0.4, -0.2) is 42.8 Å². The summed E-state index contributed by atoms with van der Waals surface area (Å²) in [5.41, 5.74) is 0.996. The molecule has 0 aliphatic heterocycles. The summed E-state index contributed by atoms with van der Waals surface area (Å²) < 4.78 is 78.9. The summed E-state index contributed by atoms with van der Waals surface area (Å²) in [5.74, 6) is -0.876. The van der Waals surface area contributed by atoms with Crippen molar-refractivity contribution in [1.82, 2.24) is 15.3 Å². The Morgan fingerprint density at radius 1 is 1.26 bits per heavy atom. The number of carbonyl (C=O) groups excluding carboxylic acids is 1. The Morgan fingerprint density at radius 3 is 2.53 bits per heavy atom. The molecule has 0 bridgehead atoms. The van der Waals surface area contributed by atoms with Gasteiger partial charge in [-0.25, -0.2) is 32.7 Å². The average molecular weight is 505 g/mol. The van der Waals surface area contributed by atoms with Crippen LogP contribution in [0.5, 0.6) is 0 Å². The highest BCUT2D eigenvalue weighted by Gasteiger charge is 2.32. The first-order valence-electron chi connectivity index (χ1n) is 10.3. The second kappa shape index (κ2) is 10.1. The van der Waals surface area contributed by atoms with Crippen molar-refractivity contribution < 1.29 is 35.5 Å². The van der Waals surface area contributed by atoms with Crippen LogP contribution in [0, 0.1) is 5.82 Å². The summed E-state index contributed by atoms with van der Waals surface area (Å²) in [4.78, 5) is 19.6. The minimum atomic E-state index is -4.38. The summed E-state index contributed by atoms with van der Waals surface area (Å²) in [5, 5.41) is 9.87. The molecule has 1 aromatic carbocycles.